The van der Waals surface area contributed by atoms with E-state index in [0.717, 1.165) is 12.8 Å². The second-order valence-electron chi connectivity index (χ2n) is 4.13. The molecular formula is C9H16N2O2. The van der Waals surface area contributed by atoms with Crippen LogP contribution in [0.4, 0.5) is 0 Å². The van der Waals surface area contributed by atoms with Gasteiger partial charge in [-0.05, 0) is 26.9 Å². The summed E-state index contributed by atoms with van der Waals surface area (Å²) in [7, 11) is 3.92. The number of likely N-dealkylation sites (N-methyl/N-ethyl adjacent to an activating group) is 1. The number of hydrogen-bond donors (Lipinski definition) is 1. The van der Waals surface area contributed by atoms with Crippen molar-refractivity contribution in [1.82, 2.24) is 10.2 Å². The first-order valence-corrected chi connectivity index (χ1v) is 4.71. The van der Waals surface area contributed by atoms with Gasteiger partial charge in [0.25, 0.3) is 0 Å². The Bertz CT molecular complexity index is 220. The van der Waals surface area contributed by atoms with Gasteiger partial charge in [-0.25, -0.2) is 0 Å². The molecule has 1 saturated heterocycles. The molecule has 1 saturated carbocycles. The zero-order chi connectivity index (χ0) is 9.47. The Morgan fingerprint density at radius 3 is 2.38 bits per heavy atom. The fourth-order valence-corrected chi connectivity index (χ4v) is 1.63. The van der Waals surface area contributed by atoms with Crippen molar-refractivity contribution in [3.8, 4) is 0 Å². The van der Waals surface area contributed by atoms with E-state index >= 15 is 0 Å². The topological polar surface area (TPSA) is 41.6 Å². The van der Waals surface area contributed by atoms with Gasteiger partial charge in [-0.2, -0.15) is 0 Å². The molecule has 1 N–H and O–H groups in total. The van der Waals surface area contributed by atoms with Crippen molar-refractivity contribution in [2.45, 2.75) is 24.4 Å². The second-order valence-corrected chi connectivity index (χ2v) is 4.13. The van der Waals surface area contributed by atoms with Gasteiger partial charge in [-0.15, -0.1) is 0 Å². The van der Waals surface area contributed by atoms with Crippen LogP contribution in [-0.2, 0) is 9.53 Å². The summed E-state index contributed by atoms with van der Waals surface area (Å²) in [6.45, 7) is 1.35. The van der Waals surface area contributed by atoms with E-state index in [1.54, 1.807) is 0 Å². The standard InChI is InChI=1S/C9H16N2O2/c1-11(2)9(3-4-9)8(12)10-7-5-13-6-7/h7H,3-6H2,1-2H3,(H,10,12). The highest BCUT2D eigenvalue weighted by Crippen LogP contribution is 2.40. The fraction of sp³-hybridized carbons (Fsp3) is 0.889. The molecule has 0 aromatic carbocycles. The van der Waals surface area contributed by atoms with Gasteiger partial charge in [0.05, 0.1) is 24.8 Å². The maximum Gasteiger partial charge on any atom is 0.240 e. The third-order valence-corrected chi connectivity index (χ3v) is 2.98. The highest BCUT2D eigenvalue weighted by Gasteiger charge is 2.52. The molecule has 0 bridgehead atoms. The summed E-state index contributed by atoms with van der Waals surface area (Å²) < 4.78 is 5.00. The van der Waals surface area contributed by atoms with Gasteiger partial charge >= 0.3 is 0 Å². The molecule has 4 heteroatoms. The van der Waals surface area contributed by atoms with E-state index in [2.05, 4.69) is 5.32 Å². The Balaban J connectivity index is 1.88. The minimum Gasteiger partial charge on any atom is -0.377 e. The average Bonchev–Trinajstić information content (AvgIpc) is 2.75. The highest BCUT2D eigenvalue weighted by atomic mass is 16.5. The van der Waals surface area contributed by atoms with E-state index < -0.39 is 0 Å². The molecule has 4 nitrogen and oxygen atoms in total. The van der Waals surface area contributed by atoms with Crippen molar-refractivity contribution >= 4 is 5.91 Å². The molecule has 0 atom stereocenters. The van der Waals surface area contributed by atoms with Gasteiger partial charge in [0.15, 0.2) is 0 Å². The van der Waals surface area contributed by atoms with Crippen LogP contribution in [-0.4, -0.2) is 49.7 Å². The molecule has 1 aliphatic heterocycles. The van der Waals surface area contributed by atoms with Crippen LogP contribution in [0.2, 0.25) is 0 Å². The predicted octanol–water partition coefficient (Wildman–Crippen LogP) is -0.404. The molecule has 1 amide bonds. The lowest BCUT2D eigenvalue weighted by Crippen LogP contribution is -2.55. The average molecular weight is 184 g/mol. The molecule has 1 aliphatic carbocycles. The number of nitrogens with zero attached hydrogens (tertiary/aromatic N) is 1. The monoisotopic (exact) mass is 184 g/mol. The van der Waals surface area contributed by atoms with Crippen molar-refractivity contribution in [1.29, 1.82) is 0 Å². The molecule has 0 radical (unpaired) electrons. The van der Waals surface area contributed by atoms with Crippen LogP contribution in [0.25, 0.3) is 0 Å². The SMILES string of the molecule is CN(C)C1(C(=O)NC2COC2)CC1. The summed E-state index contributed by atoms with van der Waals surface area (Å²) in [5.41, 5.74) is -0.199. The molecular weight excluding hydrogens is 168 g/mol. The minimum atomic E-state index is -0.199. The van der Waals surface area contributed by atoms with Gasteiger partial charge < -0.3 is 10.1 Å². The Labute approximate surface area is 78.2 Å². The quantitative estimate of drug-likeness (QED) is 0.648. The number of hydrogen-bond acceptors (Lipinski definition) is 3. The summed E-state index contributed by atoms with van der Waals surface area (Å²) in [4.78, 5) is 13.8. The van der Waals surface area contributed by atoms with Crippen LogP contribution in [0.5, 0.6) is 0 Å². The van der Waals surface area contributed by atoms with Gasteiger partial charge in [0.1, 0.15) is 0 Å². The molecule has 2 fully saturated rings. The Hall–Kier alpha value is -0.610. The van der Waals surface area contributed by atoms with Gasteiger partial charge in [-0.3, -0.25) is 9.69 Å². The zero-order valence-corrected chi connectivity index (χ0v) is 8.17. The van der Waals surface area contributed by atoms with Crippen LogP contribution in [0, 0.1) is 0 Å². The maximum atomic E-state index is 11.8. The summed E-state index contributed by atoms with van der Waals surface area (Å²) >= 11 is 0. The first kappa shape index (κ1) is 8.97. The largest absolute Gasteiger partial charge is 0.377 e. The molecule has 0 unspecified atom stereocenters. The van der Waals surface area contributed by atoms with Crippen molar-refractivity contribution in [3.63, 3.8) is 0 Å². The van der Waals surface area contributed by atoms with Gasteiger partial charge in [0.2, 0.25) is 5.91 Å². The summed E-state index contributed by atoms with van der Waals surface area (Å²) in [6, 6.07) is 0.255. The Kier molecular flexibility index (Phi) is 2.04. The second kappa shape index (κ2) is 2.96. The van der Waals surface area contributed by atoms with Crippen molar-refractivity contribution in [2.24, 2.45) is 0 Å². The fourth-order valence-electron chi connectivity index (χ4n) is 1.63. The molecule has 2 rings (SSSR count). The number of rotatable bonds is 3. The zero-order valence-electron chi connectivity index (χ0n) is 8.17. The molecule has 74 valence electrons. The minimum absolute atomic E-state index is 0.172. The first-order chi connectivity index (χ1) is 6.15. The third-order valence-electron chi connectivity index (χ3n) is 2.98. The van der Waals surface area contributed by atoms with Gasteiger partial charge in [0, 0.05) is 0 Å². The van der Waals surface area contributed by atoms with Crippen LogP contribution < -0.4 is 5.32 Å². The molecule has 13 heavy (non-hydrogen) atoms. The molecule has 2 aliphatic rings. The summed E-state index contributed by atoms with van der Waals surface area (Å²) in [6.07, 6.45) is 1.97. The van der Waals surface area contributed by atoms with Crippen molar-refractivity contribution in [3.05, 3.63) is 0 Å². The number of amides is 1. The lowest BCUT2D eigenvalue weighted by Gasteiger charge is -2.30. The first-order valence-electron chi connectivity index (χ1n) is 4.71. The third kappa shape index (κ3) is 1.44. The number of nitrogens with one attached hydrogen (secondary N) is 1. The molecule has 0 spiro atoms. The predicted molar refractivity (Wildman–Crippen MR) is 48.4 cm³/mol. The van der Waals surface area contributed by atoms with Gasteiger partial charge in [-0.1, -0.05) is 0 Å². The van der Waals surface area contributed by atoms with Crippen LogP contribution in [0.15, 0.2) is 0 Å². The summed E-state index contributed by atoms with van der Waals surface area (Å²) in [5, 5.41) is 2.99. The van der Waals surface area contributed by atoms with E-state index in [1.165, 1.54) is 0 Å². The van der Waals surface area contributed by atoms with Crippen LogP contribution in [0.3, 0.4) is 0 Å². The normalized spacial score (nSPS) is 25.5. The van der Waals surface area contributed by atoms with Crippen molar-refractivity contribution < 1.29 is 9.53 Å². The van der Waals surface area contributed by atoms with Crippen LogP contribution >= 0.6 is 0 Å². The lowest BCUT2D eigenvalue weighted by molar-refractivity contribution is -0.131. The van der Waals surface area contributed by atoms with E-state index in [4.69, 9.17) is 4.74 Å². The lowest BCUT2D eigenvalue weighted by atomic mass is 10.2. The maximum absolute atomic E-state index is 11.8. The Morgan fingerprint density at radius 2 is 2.08 bits per heavy atom. The molecule has 0 aromatic rings. The van der Waals surface area contributed by atoms with Crippen molar-refractivity contribution in [2.75, 3.05) is 27.3 Å². The Morgan fingerprint density at radius 1 is 1.46 bits per heavy atom. The summed E-state index contributed by atoms with van der Waals surface area (Å²) in [5.74, 6) is 0.172. The number of carbonyl (C=O) groups is 1. The van der Waals surface area contributed by atoms with E-state index in [-0.39, 0.29) is 17.5 Å². The van der Waals surface area contributed by atoms with E-state index in [1.807, 2.05) is 19.0 Å². The van der Waals surface area contributed by atoms with E-state index in [9.17, 15) is 4.79 Å². The van der Waals surface area contributed by atoms with E-state index in [0.29, 0.717) is 13.2 Å². The number of carbonyl (C=O) groups excluding carboxylic acids is 1. The number of ether oxygens (including phenoxy) is 1. The highest BCUT2D eigenvalue weighted by molar-refractivity contribution is 5.89. The van der Waals surface area contributed by atoms with Crippen LogP contribution in [0.1, 0.15) is 12.8 Å². The molecule has 1 heterocycles. The smallest absolute Gasteiger partial charge is 0.240 e. The molecule has 0 aromatic heterocycles.